The zero-order valence-electron chi connectivity index (χ0n) is 15.0. The molecule has 1 saturated heterocycles. The molecule has 140 valence electrons. The summed E-state index contributed by atoms with van der Waals surface area (Å²) in [4.78, 5) is 38.1. The molecular formula is C17H24N6O3. The van der Waals surface area contributed by atoms with Gasteiger partial charge in [0, 0.05) is 25.7 Å². The van der Waals surface area contributed by atoms with E-state index in [0.29, 0.717) is 18.2 Å². The number of aromatic nitrogens is 3. The second kappa shape index (κ2) is 7.27. The average molecular weight is 360 g/mol. The summed E-state index contributed by atoms with van der Waals surface area (Å²) in [6.45, 7) is 7.01. The first-order valence-electron chi connectivity index (χ1n) is 8.82. The summed E-state index contributed by atoms with van der Waals surface area (Å²) < 4.78 is 1.36. The van der Waals surface area contributed by atoms with Crippen LogP contribution in [0.2, 0.25) is 0 Å². The van der Waals surface area contributed by atoms with Crippen molar-refractivity contribution in [1.29, 1.82) is 0 Å². The van der Waals surface area contributed by atoms with Gasteiger partial charge in [-0.1, -0.05) is 11.8 Å². The Labute approximate surface area is 151 Å². The maximum Gasteiger partial charge on any atom is 0.274 e. The molecule has 2 bridgehead atoms. The Kier molecular flexibility index (Phi) is 5.06. The molecule has 2 N–H and O–H groups in total. The van der Waals surface area contributed by atoms with Crippen LogP contribution in [0, 0.1) is 5.92 Å². The van der Waals surface area contributed by atoms with Crippen LogP contribution in [0.3, 0.4) is 0 Å². The summed E-state index contributed by atoms with van der Waals surface area (Å²) in [7, 11) is 0. The van der Waals surface area contributed by atoms with E-state index in [2.05, 4.69) is 27.5 Å². The standard InChI is InChI=1S/C17H24N6O3/c1-4-22-15(9-19-21-22)17(26)23-13-6-5-12(7-13)14(23)8-18-16(25)10(2)20-11(3)24/h4,9-10,12-14H,1,5-8H2,2-3H3,(H,18,25)(H,20,24)/t10-,12+,13-,14-/m1/s1. The smallest absolute Gasteiger partial charge is 0.274 e. The number of nitrogens with one attached hydrogen (secondary N) is 2. The minimum Gasteiger partial charge on any atom is -0.352 e. The number of nitrogens with zero attached hydrogens (tertiary/aromatic N) is 4. The van der Waals surface area contributed by atoms with Crippen molar-refractivity contribution in [3.8, 4) is 0 Å². The van der Waals surface area contributed by atoms with Gasteiger partial charge in [-0.3, -0.25) is 14.4 Å². The van der Waals surface area contributed by atoms with E-state index >= 15 is 0 Å². The fraction of sp³-hybridized carbons (Fsp3) is 0.588. The predicted molar refractivity (Wildman–Crippen MR) is 93.8 cm³/mol. The molecule has 4 atom stereocenters. The molecule has 1 saturated carbocycles. The van der Waals surface area contributed by atoms with E-state index in [0.717, 1.165) is 19.3 Å². The van der Waals surface area contributed by atoms with Gasteiger partial charge in [0.1, 0.15) is 6.04 Å². The van der Waals surface area contributed by atoms with Gasteiger partial charge in [0.05, 0.1) is 12.2 Å². The molecule has 0 unspecified atom stereocenters. The summed E-state index contributed by atoms with van der Waals surface area (Å²) in [5.74, 6) is -0.285. The molecule has 0 spiro atoms. The molecule has 1 aromatic heterocycles. The third-order valence-corrected chi connectivity index (χ3v) is 5.24. The highest BCUT2D eigenvalue weighted by Gasteiger charge is 2.48. The minimum absolute atomic E-state index is 0.0668. The summed E-state index contributed by atoms with van der Waals surface area (Å²) in [5.41, 5.74) is 0.371. The van der Waals surface area contributed by atoms with Crippen molar-refractivity contribution >= 4 is 23.9 Å². The maximum atomic E-state index is 13.0. The van der Waals surface area contributed by atoms with Crippen LogP contribution in [0.5, 0.6) is 0 Å². The normalized spacial score (nSPS) is 25.0. The van der Waals surface area contributed by atoms with Gasteiger partial charge in [0.15, 0.2) is 5.69 Å². The van der Waals surface area contributed by atoms with E-state index in [1.165, 1.54) is 24.0 Å². The number of carbonyl (C=O) groups excluding carboxylic acids is 3. The topological polar surface area (TPSA) is 109 Å². The Morgan fingerprint density at radius 3 is 2.88 bits per heavy atom. The maximum absolute atomic E-state index is 13.0. The number of hydrogen-bond acceptors (Lipinski definition) is 5. The highest BCUT2D eigenvalue weighted by Crippen LogP contribution is 2.42. The molecule has 9 heteroatoms. The first-order chi connectivity index (χ1) is 12.4. The molecule has 0 aromatic carbocycles. The molecule has 1 aliphatic heterocycles. The van der Waals surface area contributed by atoms with Crippen LogP contribution in [0.15, 0.2) is 12.8 Å². The van der Waals surface area contributed by atoms with Crippen molar-refractivity contribution in [2.24, 2.45) is 5.92 Å². The van der Waals surface area contributed by atoms with Crippen LogP contribution in [0.25, 0.3) is 6.20 Å². The lowest BCUT2D eigenvalue weighted by atomic mass is 9.98. The van der Waals surface area contributed by atoms with E-state index in [1.54, 1.807) is 6.92 Å². The highest BCUT2D eigenvalue weighted by molar-refractivity contribution is 5.93. The van der Waals surface area contributed by atoms with Crippen molar-refractivity contribution in [3.05, 3.63) is 18.5 Å². The lowest BCUT2D eigenvalue weighted by Gasteiger charge is -2.35. The fourth-order valence-electron chi connectivity index (χ4n) is 4.07. The van der Waals surface area contributed by atoms with E-state index in [9.17, 15) is 14.4 Å². The Balaban J connectivity index is 1.69. The number of likely N-dealkylation sites (tertiary alicyclic amines) is 1. The van der Waals surface area contributed by atoms with Crippen molar-refractivity contribution in [2.75, 3.05) is 6.54 Å². The van der Waals surface area contributed by atoms with Crippen molar-refractivity contribution in [2.45, 2.75) is 51.2 Å². The van der Waals surface area contributed by atoms with Crippen molar-refractivity contribution < 1.29 is 14.4 Å². The minimum atomic E-state index is -0.610. The molecule has 1 aromatic rings. The summed E-state index contributed by atoms with van der Waals surface area (Å²) in [6, 6.07) is -0.500. The molecule has 3 amide bonds. The van der Waals surface area contributed by atoms with Gasteiger partial charge in [-0.2, -0.15) is 0 Å². The zero-order chi connectivity index (χ0) is 18.8. The first kappa shape index (κ1) is 18.1. The Bertz CT molecular complexity index is 730. The van der Waals surface area contributed by atoms with Crippen LogP contribution in [-0.2, 0) is 9.59 Å². The van der Waals surface area contributed by atoms with Crippen LogP contribution in [-0.4, -0.2) is 62.3 Å². The quantitative estimate of drug-likeness (QED) is 0.743. The number of hydrogen-bond donors (Lipinski definition) is 2. The molecule has 2 fully saturated rings. The zero-order valence-corrected chi connectivity index (χ0v) is 15.0. The van der Waals surface area contributed by atoms with Gasteiger partial charge in [-0.25, -0.2) is 4.68 Å². The average Bonchev–Trinajstić information content (AvgIpc) is 3.32. The van der Waals surface area contributed by atoms with E-state index < -0.39 is 6.04 Å². The van der Waals surface area contributed by atoms with Crippen LogP contribution in [0.1, 0.15) is 43.6 Å². The fourth-order valence-corrected chi connectivity index (χ4v) is 4.07. The molecule has 3 rings (SSSR count). The third-order valence-electron chi connectivity index (χ3n) is 5.24. The van der Waals surface area contributed by atoms with Crippen molar-refractivity contribution in [1.82, 2.24) is 30.5 Å². The molecule has 2 heterocycles. The van der Waals surface area contributed by atoms with Gasteiger partial charge in [0.2, 0.25) is 11.8 Å². The van der Waals surface area contributed by atoms with Gasteiger partial charge >= 0.3 is 0 Å². The first-order valence-corrected chi connectivity index (χ1v) is 8.82. The van der Waals surface area contributed by atoms with Crippen LogP contribution < -0.4 is 10.6 Å². The number of rotatable bonds is 6. The molecule has 2 aliphatic rings. The van der Waals surface area contributed by atoms with Gasteiger partial charge < -0.3 is 15.5 Å². The second-order valence-corrected chi connectivity index (χ2v) is 6.92. The van der Waals surface area contributed by atoms with Gasteiger partial charge in [-0.15, -0.1) is 5.10 Å². The third kappa shape index (κ3) is 3.33. The number of carbonyl (C=O) groups is 3. The molecule has 26 heavy (non-hydrogen) atoms. The molecular weight excluding hydrogens is 336 g/mol. The summed E-state index contributed by atoms with van der Waals surface area (Å²) in [5, 5.41) is 13.0. The number of piperidine rings is 1. The lowest BCUT2D eigenvalue weighted by molar-refractivity contribution is -0.127. The summed E-state index contributed by atoms with van der Waals surface area (Å²) >= 11 is 0. The van der Waals surface area contributed by atoms with Crippen LogP contribution >= 0.6 is 0 Å². The van der Waals surface area contributed by atoms with Gasteiger partial charge in [-0.05, 0) is 32.1 Å². The summed E-state index contributed by atoms with van der Waals surface area (Å²) in [6.07, 6.45) is 5.85. The Hall–Kier alpha value is -2.71. The highest BCUT2D eigenvalue weighted by atomic mass is 16.2. The molecule has 1 aliphatic carbocycles. The monoisotopic (exact) mass is 360 g/mol. The van der Waals surface area contributed by atoms with Gasteiger partial charge in [0.25, 0.3) is 5.91 Å². The van der Waals surface area contributed by atoms with E-state index in [-0.39, 0.29) is 29.8 Å². The lowest BCUT2D eigenvalue weighted by Crippen LogP contribution is -2.53. The Morgan fingerprint density at radius 1 is 1.42 bits per heavy atom. The predicted octanol–water partition coefficient (Wildman–Crippen LogP) is 0.0125. The largest absolute Gasteiger partial charge is 0.352 e. The van der Waals surface area contributed by atoms with E-state index in [4.69, 9.17) is 0 Å². The number of fused-ring (bicyclic) bond motifs is 2. The SMILES string of the molecule is C=Cn1nncc1C(=O)N1[C@@H]2CC[C@@H](C2)[C@H]1CNC(=O)[C@@H](C)NC(C)=O. The van der Waals surface area contributed by atoms with Crippen LogP contribution in [0.4, 0.5) is 0 Å². The van der Waals surface area contributed by atoms with Crippen molar-refractivity contribution in [3.63, 3.8) is 0 Å². The van der Waals surface area contributed by atoms with E-state index in [1.807, 2.05) is 4.90 Å². The Morgan fingerprint density at radius 2 is 2.19 bits per heavy atom. The second-order valence-electron chi connectivity index (χ2n) is 6.92. The molecule has 9 nitrogen and oxygen atoms in total. The molecule has 0 radical (unpaired) electrons. The number of amides is 3.